The van der Waals surface area contributed by atoms with Crippen molar-refractivity contribution in [3.8, 4) is 10.6 Å². The van der Waals surface area contributed by atoms with Crippen LogP contribution in [0.5, 0.6) is 0 Å². The average molecular weight is 367 g/mol. The largest absolute Gasteiger partial charge is 0.345 e. The van der Waals surface area contributed by atoms with Gasteiger partial charge in [0.15, 0.2) is 0 Å². The SMILES string of the molecule is CCCCN(C)C(=O)Cc1csc(-c2cccc(Br)c2)n1. The number of nitrogens with zero attached hydrogens (tertiary/aromatic N) is 2. The first kappa shape index (κ1) is 16.2. The number of rotatable bonds is 6. The second-order valence-electron chi connectivity index (χ2n) is 5.00. The summed E-state index contributed by atoms with van der Waals surface area (Å²) in [7, 11) is 1.86. The number of hydrogen-bond donors (Lipinski definition) is 0. The Hall–Kier alpha value is -1.20. The molecule has 5 heteroatoms. The van der Waals surface area contributed by atoms with Crippen molar-refractivity contribution in [2.24, 2.45) is 0 Å². The predicted molar refractivity (Wildman–Crippen MR) is 91.5 cm³/mol. The van der Waals surface area contributed by atoms with Crippen LogP contribution in [0.25, 0.3) is 10.6 Å². The fourth-order valence-electron chi connectivity index (χ4n) is 1.95. The summed E-state index contributed by atoms with van der Waals surface area (Å²) in [6, 6.07) is 8.05. The topological polar surface area (TPSA) is 33.2 Å². The van der Waals surface area contributed by atoms with Crippen molar-refractivity contribution in [1.29, 1.82) is 0 Å². The maximum atomic E-state index is 12.1. The van der Waals surface area contributed by atoms with Crippen molar-refractivity contribution in [2.75, 3.05) is 13.6 Å². The molecule has 0 aliphatic rings. The molecule has 2 aromatic rings. The number of carbonyl (C=O) groups excluding carboxylic acids is 1. The van der Waals surface area contributed by atoms with E-state index in [-0.39, 0.29) is 5.91 Å². The Labute approximate surface area is 138 Å². The third-order valence-electron chi connectivity index (χ3n) is 3.23. The maximum Gasteiger partial charge on any atom is 0.228 e. The number of unbranched alkanes of at least 4 members (excludes halogenated alkanes) is 1. The zero-order valence-electron chi connectivity index (χ0n) is 12.3. The van der Waals surface area contributed by atoms with Crippen molar-refractivity contribution in [1.82, 2.24) is 9.88 Å². The summed E-state index contributed by atoms with van der Waals surface area (Å²) in [4.78, 5) is 18.5. The number of amides is 1. The summed E-state index contributed by atoms with van der Waals surface area (Å²) in [6.07, 6.45) is 2.52. The fourth-order valence-corrected chi connectivity index (χ4v) is 3.17. The molecule has 0 bridgehead atoms. The Morgan fingerprint density at radius 3 is 2.95 bits per heavy atom. The molecule has 1 aromatic heterocycles. The van der Waals surface area contributed by atoms with Crippen LogP contribution in [0.4, 0.5) is 0 Å². The average Bonchev–Trinajstić information content (AvgIpc) is 2.93. The lowest BCUT2D eigenvalue weighted by atomic mass is 10.2. The molecule has 0 saturated carbocycles. The highest BCUT2D eigenvalue weighted by atomic mass is 79.9. The van der Waals surface area contributed by atoms with Crippen LogP contribution < -0.4 is 0 Å². The molecule has 0 N–H and O–H groups in total. The first-order valence-corrected chi connectivity index (χ1v) is 8.71. The molecule has 1 amide bonds. The molecule has 3 nitrogen and oxygen atoms in total. The van der Waals surface area contributed by atoms with Gasteiger partial charge in [0.2, 0.25) is 5.91 Å². The molecular weight excluding hydrogens is 348 g/mol. The first-order valence-electron chi connectivity index (χ1n) is 7.04. The van der Waals surface area contributed by atoms with Gasteiger partial charge in [0, 0.05) is 29.0 Å². The number of hydrogen-bond acceptors (Lipinski definition) is 3. The first-order chi connectivity index (χ1) is 10.1. The Kier molecular flexibility index (Phi) is 5.94. The van der Waals surface area contributed by atoms with Crippen LogP contribution in [0.15, 0.2) is 34.1 Å². The summed E-state index contributed by atoms with van der Waals surface area (Å²) in [5.74, 6) is 0.134. The normalized spacial score (nSPS) is 10.6. The van der Waals surface area contributed by atoms with Crippen LogP contribution in [0, 0.1) is 0 Å². The highest BCUT2D eigenvalue weighted by molar-refractivity contribution is 9.10. The van der Waals surface area contributed by atoms with Crippen molar-refractivity contribution in [3.05, 3.63) is 39.8 Å². The predicted octanol–water partition coefficient (Wildman–Crippen LogP) is 4.37. The van der Waals surface area contributed by atoms with Crippen molar-refractivity contribution in [2.45, 2.75) is 26.2 Å². The van der Waals surface area contributed by atoms with E-state index in [0.29, 0.717) is 6.42 Å². The highest BCUT2D eigenvalue weighted by Gasteiger charge is 2.12. The number of aromatic nitrogens is 1. The van der Waals surface area contributed by atoms with Gasteiger partial charge in [-0.3, -0.25) is 4.79 Å². The zero-order valence-corrected chi connectivity index (χ0v) is 14.7. The molecule has 21 heavy (non-hydrogen) atoms. The molecule has 0 aliphatic heterocycles. The quantitative estimate of drug-likeness (QED) is 0.760. The molecule has 0 radical (unpaired) electrons. The van der Waals surface area contributed by atoms with Gasteiger partial charge in [0.05, 0.1) is 12.1 Å². The van der Waals surface area contributed by atoms with Gasteiger partial charge in [-0.2, -0.15) is 0 Å². The summed E-state index contributed by atoms with van der Waals surface area (Å²) in [5, 5.41) is 2.93. The van der Waals surface area contributed by atoms with E-state index in [9.17, 15) is 4.79 Å². The van der Waals surface area contributed by atoms with E-state index in [2.05, 4.69) is 27.8 Å². The standard InChI is InChI=1S/C16H19BrN2OS/c1-3-4-8-19(2)15(20)10-14-11-21-16(18-14)12-6-5-7-13(17)9-12/h5-7,9,11H,3-4,8,10H2,1-2H3. The number of carbonyl (C=O) groups is 1. The monoisotopic (exact) mass is 366 g/mol. The Balaban J connectivity index is 2.02. The third kappa shape index (κ3) is 4.64. The van der Waals surface area contributed by atoms with Gasteiger partial charge in [-0.25, -0.2) is 4.98 Å². The number of likely N-dealkylation sites (N-methyl/N-ethyl adjacent to an activating group) is 1. The molecule has 1 aromatic carbocycles. The molecule has 2 rings (SSSR count). The molecule has 0 unspecified atom stereocenters. The Bertz CT molecular complexity index is 612. The summed E-state index contributed by atoms with van der Waals surface area (Å²) in [5.41, 5.74) is 1.93. The van der Waals surface area contributed by atoms with Crippen molar-refractivity contribution >= 4 is 33.2 Å². The Morgan fingerprint density at radius 1 is 1.43 bits per heavy atom. The van der Waals surface area contributed by atoms with Gasteiger partial charge >= 0.3 is 0 Å². The van der Waals surface area contributed by atoms with E-state index in [1.54, 1.807) is 16.2 Å². The molecule has 0 aliphatic carbocycles. The van der Waals surface area contributed by atoms with Crippen LogP contribution in [0.2, 0.25) is 0 Å². The molecule has 0 spiro atoms. The lowest BCUT2D eigenvalue weighted by Crippen LogP contribution is -2.29. The summed E-state index contributed by atoms with van der Waals surface area (Å²) >= 11 is 5.05. The van der Waals surface area contributed by atoms with E-state index in [4.69, 9.17) is 0 Å². The van der Waals surface area contributed by atoms with E-state index < -0.39 is 0 Å². The minimum atomic E-state index is 0.134. The van der Waals surface area contributed by atoms with Gasteiger partial charge in [-0.05, 0) is 18.6 Å². The molecule has 0 atom stereocenters. The third-order valence-corrected chi connectivity index (χ3v) is 4.66. The zero-order chi connectivity index (χ0) is 15.2. The lowest BCUT2D eigenvalue weighted by molar-refractivity contribution is -0.129. The van der Waals surface area contributed by atoms with Crippen LogP contribution in [-0.4, -0.2) is 29.4 Å². The number of halogens is 1. The van der Waals surface area contributed by atoms with Gasteiger partial charge in [-0.1, -0.05) is 41.4 Å². The van der Waals surface area contributed by atoms with E-state index in [1.807, 2.05) is 36.7 Å². The Morgan fingerprint density at radius 2 is 2.24 bits per heavy atom. The minimum absolute atomic E-state index is 0.134. The van der Waals surface area contributed by atoms with Gasteiger partial charge < -0.3 is 4.90 Å². The number of benzene rings is 1. The van der Waals surface area contributed by atoms with E-state index in [0.717, 1.165) is 40.1 Å². The lowest BCUT2D eigenvalue weighted by Gasteiger charge is -2.15. The molecule has 1 heterocycles. The van der Waals surface area contributed by atoms with Gasteiger partial charge in [0.25, 0.3) is 0 Å². The van der Waals surface area contributed by atoms with Crippen molar-refractivity contribution in [3.63, 3.8) is 0 Å². The van der Waals surface area contributed by atoms with Crippen LogP contribution in [0.3, 0.4) is 0 Å². The highest BCUT2D eigenvalue weighted by Crippen LogP contribution is 2.26. The second kappa shape index (κ2) is 7.71. The summed E-state index contributed by atoms with van der Waals surface area (Å²) < 4.78 is 1.03. The van der Waals surface area contributed by atoms with E-state index in [1.165, 1.54) is 0 Å². The van der Waals surface area contributed by atoms with Crippen molar-refractivity contribution < 1.29 is 4.79 Å². The molecule has 0 saturated heterocycles. The molecule has 112 valence electrons. The van der Waals surface area contributed by atoms with Gasteiger partial charge in [0.1, 0.15) is 5.01 Å². The van der Waals surface area contributed by atoms with E-state index >= 15 is 0 Å². The van der Waals surface area contributed by atoms with Crippen LogP contribution in [-0.2, 0) is 11.2 Å². The van der Waals surface area contributed by atoms with Gasteiger partial charge in [-0.15, -0.1) is 11.3 Å². The number of thiazole rings is 1. The molecular formula is C16H19BrN2OS. The minimum Gasteiger partial charge on any atom is -0.345 e. The maximum absolute atomic E-state index is 12.1. The van der Waals surface area contributed by atoms with Crippen LogP contribution in [0.1, 0.15) is 25.5 Å². The van der Waals surface area contributed by atoms with Crippen LogP contribution >= 0.6 is 27.3 Å². The fraction of sp³-hybridized carbons (Fsp3) is 0.375. The second-order valence-corrected chi connectivity index (χ2v) is 6.77. The molecule has 0 fully saturated rings. The smallest absolute Gasteiger partial charge is 0.228 e. The summed E-state index contributed by atoms with van der Waals surface area (Å²) in [6.45, 7) is 2.95.